The second-order valence-corrected chi connectivity index (χ2v) is 12.3. The number of sulfonamides is 1. The van der Waals surface area contributed by atoms with Gasteiger partial charge in [0.25, 0.3) is 21.6 Å². The molecule has 3 aromatic carbocycles. The fourth-order valence-corrected chi connectivity index (χ4v) is 6.25. The average molecular weight is 606 g/mol. The first-order valence-corrected chi connectivity index (χ1v) is 15.7. The monoisotopic (exact) mass is 605 g/mol. The van der Waals surface area contributed by atoms with Gasteiger partial charge in [0.1, 0.15) is 11.4 Å². The predicted molar refractivity (Wildman–Crippen MR) is 165 cm³/mol. The third-order valence-corrected chi connectivity index (χ3v) is 8.86. The fourth-order valence-electron chi connectivity index (χ4n) is 5.27. The molecule has 0 spiro atoms. The lowest BCUT2D eigenvalue weighted by atomic mass is 10.1. The van der Waals surface area contributed by atoms with Crippen LogP contribution in [-0.2, 0) is 27.7 Å². The van der Waals surface area contributed by atoms with Crippen molar-refractivity contribution in [1.82, 2.24) is 14.2 Å². The van der Waals surface area contributed by atoms with Crippen molar-refractivity contribution >= 4 is 38.2 Å². The SMILES string of the molecule is Cc1ccc2cc(C(=O)NS(=O)(=O)c3ccc(NCCN4CCOCC4)c([N+](=O)[O-])c3)n(CCCc3ccccc3)c2c1. The Bertz CT molecular complexity index is 1720. The molecule has 1 aromatic heterocycles. The zero-order chi connectivity index (χ0) is 30.4. The maximum Gasteiger partial charge on any atom is 0.293 e. The van der Waals surface area contributed by atoms with E-state index in [4.69, 9.17) is 4.74 Å². The van der Waals surface area contributed by atoms with Crippen LogP contribution in [-0.4, -0.2) is 68.1 Å². The number of amides is 1. The van der Waals surface area contributed by atoms with E-state index >= 15 is 0 Å². The number of hydrogen-bond donors (Lipinski definition) is 2. The summed E-state index contributed by atoms with van der Waals surface area (Å²) in [4.78, 5) is 26.5. The number of carbonyl (C=O) groups excluding carboxylic acids is 1. The number of nitro groups is 1. The van der Waals surface area contributed by atoms with Gasteiger partial charge in [-0.25, -0.2) is 13.1 Å². The lowest BCUT2D eigenvalue weighted by molar-refractivity contribution is -0.384. The zero-order valence-corrected chi connectivity index (χ0v) is 24.8. The summed E-state index contributed by atoms with van der Waals surface area (Å²) in [6.45, 7) is 6.42. The summed E-state index contributed by atoms with van der Waals surface area (Å²) in [6, 6.07) is 21.1. The van der Waals surface area contributed by atoms with Gasteiger partial charge >= 0.3 is 0 Å². The Morgan fingerprint density at radius 2 is 1.77 bits per heavy atom. The number of nitrogens with one attached hydrogen (secondary N) is 2. The molecule has 0 radical (unpaired) electrons. The molecule has 0 bridgehead atoms. The van der Waals surface area contributed by atoms with Gasteiger partial charge in [-0.2, -0.15) is 0 Å². The van der Waals surface area contributed by atoms with Gasteiger partial charge in [0, 0.05) is 49.7 Å². The van der Waals surface area contributed by atoms with Gasteiger partial charge in [-0.15, -0.1) is 0 Å². The number of aromatic nitrogens is 1. The number of hydrogen-bond acceptors (Lipinski definition) is 8. The number of ether oxygens (including phenoxy) is 1. The van der Waals surface area contributed by atoms with Crippen molar-refractivity contribution in [3.05, 3.63) is 99.7 Å². The number of benzene rings is 3. The molecule has 226 valence electrons. The quantitative estimate of drug-likeness (QED) is 0.180. The molecule has 0 atom stereocenters. The van der Waals surface area contributed by atoms with Crippen LogP contribution in [0.3, 0.4) is 0 Å². The minimum absolute atomic E-state index is 0.202. The standard InChI is InChI=1S/C31H35N5O6S/c1-23-9-10-25-21-30(35(28(25)20-23)14-5-8-24-6-3-2-4-7-24)31(37)33-43(40,41)26-11-12-27(29(22-26)36(38)39)32-13-15-34-16-18-42-19-17-34/h2-4,6-7,9-12,20-22,32H,5,8,13-19H2,1H3,(H,33,37). The topological polar surface area (TPSA) is 136 Å². The van der Waals surface area contributed by atoms with Crippen LogP contribution in [0.15, 0.2) is 77.7 Å². The molecular formula is C31H35N5O6S. The van der Waals surface area contributed by atoms with Gasteiger partial charge in [0.15, 0.2) is 0 Å². The van der Waals surface area contributed by atoms with E-state index in [1.165, 1.54) is 17.7 Å². The van der Waals surface area contributed by atoms with Gasteiger partial charge < -0.3 is 14.6 Å². The number of fused-ring (bicyclic) bond motifs is 1. The maximum absolute atomic E-state index is 13.4. The summed E-state index contributed by atoms with van der Waals surface area (Å²) in [5.41, 5.74) is 3.04. The summed E-state index contributed by atoms with van der Waals surface area (Å²) in [5, 5.41) is 15.7. The van der Waals surface area contributed by atoms with Crippen LogP contribution in [0.5, 0.6) is 0 Å². The third kappa shape index (κ3) is 7.39. The number of rotatable bonds is 12. The Morgan fingerprint density at radius 1 is 1.00 bits per heavy atom. The molecule has 4 aromatic rings. The maximum atomic E-state index is 13.4. The van der Waals surface area contributed by atoms with E-state index in [-0.39, 0.29) is 22.0 Å². The van der Waals surface area contributed by atoms with Crippen molar-refractivity contribution in [3.63, 3.8) is 0 Å². The minimum atomic E-state index is -4.41. The first kappa shape index (κ1) is 30.2. The highest BCUT2D eigenvalue weighted by Crippen LogP contribution is 2.28. The highest BCUT2D eigenvalue weighted by molar-refractivity contribution is 7.90. The van der Waals surface area contributed by atoms with Crippen molar-refractivity contribution in [1.29, 1.82) is 0 Å². The predicted octanol–water partition coefficient (Wildman–Crippen LogP) is 4.35. The van der Waals surface area contributed by atoms with Gasteiger partial charge in [0.2, 0.25) is 0 Å². The van der Waals surface area contributed by atoms with E-state index in [9.17, 15) is 23.3 Å². The molecule has 43 heavy (non-hydrogen) atoms. The van der Waals surface area contributed by atoms with E-state index in [1.807, 2.05) is 60.0 Å². The number of nitrogens with zero attached hydrogens (tertiary/aromatic N) is 3. The number of morpholine rings is 1. The Morgan fingerprint density at radius 3 is 2.51 bits per heavy atom. The Hall–Kier alpha value is -4.26. The molecule has 2 N–H and O–H groups in total. The molecule has 11 nitrogen and oxygen atoms in total. The molecular weight excluding hydrogens is 570 g/mol. The van der Waals surface area contributed by atoms with Crippen molar-refractivity contribution < 1.29 is 22.9 Å². The van der Waals surface area contributed by atoms with Gasteiger partial charge in [-0.3, -0.25) is 19.8 Å². The Kier molecular flexibility index (Phi) is 9.39. The molecule has 1 aliphatic heterocycles. The van der Waals surface area contributed by atoms with Gasteiger partial charge in [-0.1, -0.05) is 42.5 Å². The molecule has 2 heterocycles. The summed E-state index contributed by atoms with van der Waals surface area (Å²) >= 11 is 0. The van der Waals surface area contributed by atoms with Crippen LogP contribution in [0.1, 0.15) is 28.0 Å². The van der Waals surface area contributed by atoms with E-state index in [0.717, 1.165) is 48.5 Å². The lowest BCUT2D eigenvalue weighted by Gasteiger charge is -2.26. The van der Waals surface area contributed by atoms with E-state index < -0.39 is 20.9 Å². The molecule has 1 fully saturated rings. The molecule has 1 aliphatic rings. The van der Waals surface area contributed by atoms with Crippen LogP contribution < -0.4 is 10.0 Å². The molecule has 12 heteroatoms. The van der Waals surface area contributed by atoms with Crippen molar-refractivity contribution in [3.8, 4) is 0 Å². The van der Waals surface area contributed by atoms with Crippen LogP contribution in [0.2, 0.25) is 0 Å². The molecule has 1 saturated heterocycles. The highest BCUT2D eigenvalue weighted by atomic mass is 32.2. The van der Waals surface area contributed by atoms with Gasteiger partial charge in [0.05, 0.1) is 23.0 Å². The second kappa shape index (κ2) is 13.4. The molecule has 5 rings (SSSR count). The largest absolute Gasteiger partial charge is 0.379 e. The second-order valence-electron chi connectivity index (χ2n) is 10.6. The van der Waals surface area contributed by atoms with E-state index in [1.54, 1.807) is 6.07 Å². The summed E-state index contributed by atoms with van der Waals surface area (Å²) < 4.78 is 35.9. The molecule has 0 saturated carbocycles. The summed E-state index contributed by atoms with van der Waals surface area (Å²) in [5.74, 6) is -0.802. The molecule has 0 unspecified atom stereocenters. The first-order valence-electron chi connectivity index (χ1n) is 14.2. The Labute approximate surface area is 250 Å². The average Bonchev–Trinajstić information content (AvgIpc) is 3.35. The Balaban J connectivity index is 1.33. The lowest BCUT2D eigenvalue weighted by Crippen LogP contribution is -2.39. The van der Waals surface area contributed by atoms with E-state index in [2.05, 4.69) is 14.9 Å². The number of anilines is 1. The van der Waals surface area contributed by atoms with Crippen LogP contribution in [0.4, 0.5) is 11.4 Å². The van der Waals surface area contributed by atoms with Crippen molar-refractivity contribution in [2.24, 2.45) is 0 Å². The third-order valence-electron chi connectivity index (χ3n) is 7.53. The van der Waals surface area contributed by atoms with Gasteiger partial charge in [-0.05, 0) is 55.2 Å². The molecule has 0 aliphatic carbocycles. The molecule has 1 amide bonds. The highest BCUT2D eigenvalue weighted by Gasteiger charge is 2.26. The normalized spacial score (nSPS) is 14.1. The number of nitro benzene ring substituents is 1. The smallest absolute Gasteiger partial charge is 0.293 e. The van der Waals surface area contributed by atoms with Crippen molar-refractivity contribution in [2.75, 3.05) is 44.7 Å². The fraction of sp³-hybridized carbons (Fsp3) is 0.323. The van der Waals surface area contributed by atoms with E-state index in [0.29, 0.717) is 32.8 Å². The van der Waals surface area contributed by atoms with Crippen LogP contribution >= 0.6 is 0 Å². The van der Waals surface area contributed by atoms with Crippen LogP contribution in [0.25, 0.3) is 10.9 Å². The number of carbonyl (C=O) groups is 1. The minimum Gasteiger partial charge on any atom is -0.379 e. The first-order chi connectivity index (χ1) is 20.7. The van der Waals surface area contributed by atoms with Crippen LogP contribution in [0, 0.1) is 17.0 Å². The number of aryl methyl sites for hydroxylation is 3. The summed E-state index contributed by atoms with van der Waals surface area (Å²) in [6.07, 6.45) is 1.53. The van der Waals surface area contributed by atoms with Crippen molar-refractivity contribution in [2.45, 2.75) is 31.2 Å². The zero-order valence-electron chi connectivity index (χ0n) is 24.0. The summed E-state index contributed by atoms with van der Waals surface area (Å²) in [7, 11) is -4.41.